The number of ether oxygens (including phenoxy) is 2. The Morgan fingerprint density at radius 3 is 2.72 bits per heavy atom. The van der Waals surface area contributed by atoms with Crippen LogP contribution >= 0.6 is 0 Å². The van der Waals surface area contributed by atoms with Gasteiger partial charge in [0.15, 0.2) is 11.5 Å². The van der Waals surface area contributed by atoms with Crippen molar-refractivity contribution in [1.29, 1.82) is 0 Å². The maximum absolute atomic E-state index is 12.5. The van der Waals surface area contributed by atoms with Gasteiger partial charge in [-0.1, -0.05) is 19.9 Å². The minimum atomic E-state index is -0.687. The minimum absolute atomic E-state index is 0.00417. The van der Waals surface area contributed by atoms with Crippen LogP contribution in [-0.2, 0) is 9.53 Å². The third-order valence-corrected chi connectivity index (χ3v) is 3.65. The van der Waals surface area contributed by atoms with Crippen LogP contribution in [0, 0.1) is 5.92 Å². The first-order valence-electron chi connectivity index (χ1n) is 8.24. The van der Waals surface area contributed by atoms with Gasteiger partial charge >= 0.3 is 12.0 Å². The molecule has 1 aromatic rings. The van der Waals surface area contributed by atoms with E-state index in [9.17, 15) is 14.7 Å². The van der Waals surface area contributed by atoms with Crippen molar-refractivity contribution in [3.05, 3.63) is 35.0 Å². The lowest BCUT2D eigenvalue weighted by Gasteiger charge is -2.28. The Balaban J connectivity index is 2.38. The number of hydrogen-bond acceptors (Lipinski definition) is 5. The second-order valence-electron chi connectivity index (χ2n) is 6.22. The van der Waals surface area contributed by atoms with Gasteiger partial charge in [0.1, 0.15) is 0 Å². The van der Waals surface area contributed by atoms with E-state index in [2.05, 4.69) is 10.6 Å². The number of amides is 2. The van der Waals surface area contributed by atoms with Gasteiger partial charge in [0.25, 0.3) is 0 Å². The average Bonchev–Trinajstić information content (AvgIpc) is 2.54. The van der Waals surface area contributed by atoms with Gasteiger partial charge < -0.3 is 25.2 Å². The third-order valence-electron chi connectivity index (χ3n) is 3.65. The molecule has 7 heteroatoms. The Bertz CT molecular complexity index is 697. The number of phenols is 1. The van der Waals surface area contributed by atoms with Gasteiger partial charge in [-0.05, 0) is 37.5 Å². The molecule has 0 aromatic heterocycles. The summed E-state index contributed by atoms with van der Waals surface area (Å²) < 4.78 is 10.7. The molecule has 0 bridgehead atoms. The molecule has 2 rings (SSSR count). The monoisotopic (exact) mass is 348 g/mol. The number of aromatic hydroxyl groups is 1. The molecule has 0 aliphatic carbocycles. The first-order valence-corrected chi connectivity index (χ1v) is 8.24. The van der Waals surface area contributed by atoms with Crippen molar-refractivity contribution < 1.29 is 24.2 Å². The molecular weight excluding hydrogens is 324 g/mol. The number of carbonyl (C=O) groups is 2. The predicted molar refractivity (Wildman–Crippen MR) is 92.2 cm³/mol. The molecule has 0 saturated carbocycles. The molecule has 1 aliphatic heterocycles. The molecule has 1 heterocycles. The summed E-state index contributed by atoms with van der Waals surface area (Å²) in [5.41, 5.74) is 1.38. The SMILES string of the molecule is CCOc1cc([C@H]2NC(=O)NC(C)=C2C(=O)OCC(C)C)ccc1O. The van der Waals surface area contributed by atoms with E-state index >= 15 is 0 Å². The second-order valence-corrected chi connectivity index (χ2v) is 6.22. The molecule has 1 aliphatic rings. The van der Waals surface area contributed by atoms with Gasteiger partial charge in [0, 0.05) is 5.70 Å². The Morgan fingerprint density at radius 1 is 1.36 bits per heavy atom. The summed E-state index contributed by atoms with van der Waals surface area (Å²) in [5, 5.41) is 15.2. The number of benzene rings is 1. The Morgan fingerprint density at radius 2 is 2.08 bits per heavy atom. The van der Waals surface area contributed by atoms with E-state index in [1.807, 2.05) is 13.8 Å². The molecule has 2 amide bonds. The number of carbonyl (C=O) groups excluding carboxylic acids is 2. The summed E-state index contributed by atoms with van der Waals surface area (Å²) >= 11 is 0. The molecule has 0 fully saturated rings. The lowest BCUT2D eigenvalue weighted by Crippen LogP contribution is -2.45. The van der Waals surface area contributed by atoms with E-state index < -0.39 is 18.0 Å². The largest absolute Gasteiger partial charge is 0.504 e. The van der Waals surface area contributed by atoms with Gasteiger partial charge in [0.2, 0.25) is 0 Å². The van der Waals surface area contributed by atoms with E-state index in [0.29, 0.717) is 29.2 Å². The summed E-state index contributed by atoms with van der Waals surface area (Å²) in [6.45, 7) is 8.02. The lowest BCUT2D eigenvalue weighted by atomic mass is 9.95. The molecule has 3 N–H and O–H groups in total. The first-order chi connectivity index (χ1) is 11.8. The van der Waals surface area contributed by atoms with Crippen molar-refractivity contribution in [2.75, 3.05) is 13.2 Å². The smallest absolute Gasteiger partial charge is 0.338 e. The number of esters is 1. The van der Waals surface area contributed by atoms with Gasteiger partial charge in [-0.3, -0.25) is 0 Å². The average molecular weight is 348 g/mol. The van der Waals surface area contributed by atoms with Gasteiger partial charge in [-0.25, -0.2) is 9.59 Å². The van der Waals surface area contributed by atoms with Crippen LogP contribution in [0.5, 0.6) is 11.5 Å². The van der Waals surface area contributed by atoms with Crippen LogP contribution in [-0.4, -0.2) is 30.3 Å². The number of rotatable bonds is 6. The topological polar surface area (TPSA) is 96.9 Å². The molecule has 0 unspecified atom stereocenters. The van der Waals surface area contributed by atoms with Crippen LogP contribution in [0.15, 0.2) is 29.5 Å². The fourth-order valence-corrected chi connectivity index (χ4v) is 2.52. The summed E-state index contributed by atoms with van der Waals surface area (Å²) in [7, 11) is 0. The van der Waals surface area contributed by atoms with Crippen molar-refractivity contribution in [3.63, 3.8) is 0 Å². The highest BCUT2D eigenvalue weighted by Crippen LogP contribution is 2.34. The van der Waals surface area contributed by atoms with Crippen molar-refractivity contribution in [1.82, 2.24) is 10.6 Å². The number of nitrogens with one attached hydrogen (secondary N) is 2. The molecular formula is C18H24N2O5. The molecule has 1 aromatic carbocycles. The third kappa shape index (κ3) is 4.43. The molecule has 7 nitrogen and oxygen atoms in total. The maximum atomic E-state index is 12.5. The number of hydrogen-bond donors (Lipinski definition) is 3. The summed E-state index contributed by atoms with van der Waals surface area (Å²) in [6.07, 6.45) is 0. The Kier molecular flexibility index (Phi) is 5.90. The zero-order valence-corrected chi connectivity index (χ0v) is 14.9. The van der Waals surface area contributed by atoms with Gasteiger partial charge in [-0.2, -0.15) is 0 Å². The summed E-state index contributed by atoms with van der Waals surface area (Å²) in [5.74, 6) is -0.00163. The van der Waals surface area contributed by atoms with Crippen molar-refractivity contribution in [3.8, 4) is 11.5 Å². The number of allylic oxidation sites excluding steroid dienone is 1. The first kappa shape index (κ1) is 18.6. The minimum Gasteiger partial charge on any atom is -0.504 e. The highest BCUT2D eigenvalue weighted by atomic mass is 16.5. The molecule has 0 saturated heterocycles. The molecule has 136 valence electrons. The van der Waals surface area contributed by atoms with E-state index in [-0.39, 0.29) is 18.3 Å². The van der Waals surface area contributed by atoms with E-state index in [4.69, 9.17) is 9.47 Å². The van der Waals surface area contributed by atoms with E-state index in [0.717, 1.165) is 0 Å². The van der Waals surface area contributed by atoms with Crippen LogP contribution in [0.3, 0.4) is 0 Å². The Hall–Kier alpha value is -2.70. The summed E-state index contributed by atoms with van der Waals surface area (Å²) in [6, 6.07) is 3.62. The maximum Gasteiger partial charge on any atom is 0.338 e. The van der Waals surface area contributed by atoms with Crippen molar-refractivity contribution in [2.45, 2.75) is 33.7 Å². The van der Waals surface area contributed by atoms with Crippen LogP contribution in [0.1, 0.15) is 39.3 Å². The normalized spacial score (nSPS) is 17.2. The fraction of sp³-hybridized carbons (Fsp3) is 0.444. The molecule has 25 heavy (non-hydrogen) atoms. The van der Waals surface area contributed by atoms with E-state index in [1.54, 1.807) is 26.0 Å². The molecule has 0 radical (unpaired) electrons. The van der Waals surface area contributed by atoms with Crippen LogP contribution in [0.2, 0.25) is 0 Å². The molecule has 0 spiro atoms. The predicted octanol–water partition coefficient (Wildman–Crippen LogP) is 2.62. The zero-order valence-electron chi connectivity index (χ0n) is 14.9. The standard InChI is InChI=1S/C18H24N2O5/c1-5-24-14-8-12(6-7-13(14)21)16-15(11(4)19-18(23)20-16)17(22)25-9-10(2)3/h6-8,10,16,21H,5,9H2,1-4H3,(H2,19,20,23)/t16-/m1/s1. The summed E-state index contributed by atoms with van der Waals surface area (Å²) in [4.78, 5) is 24.4. The number of urea groups is 1. The van der Waals surface area contributed by atoms with Gasteiger partial charge in [0.05, 0.1) is 24.8 Å². The highest BCUT2D eigenvalue weighted by Gasteiger charge is 2.32. The molecule has 1 atom stereocenters. The van der Waals surface area contributed by atoms with Crippen LogP contribution in [0.4, 0.5) is 4.79 Å². The Labute approximate surface area is 147 Å². The zero-order chi connectivity index (χ0) is 18.6. The van der Waals surface area contributed by atoms with Gasteiger partial charge in [-0.15, -0.1) is 0 Å². The van der Waals surface area contributed by atoms with Crippen molar-refractivity contribution in [2.24, 2.45) is 5.92 Å². The van der Waals surface area contributed by atoms with Crippen molar-refractivity contribution >= 4 is 12.0 Å². The fourth-order valence-electron chi connectivity index (χ4n) is 2.52. The van der Waals surface area contributed by atoms with Crippen LogP contribution in [0.25, 0.3) is 0 Å². The van der Waals surface area contributed by atoms with E-state index in [1.165, 1.54) is 6.07 Å². The second kappa shape index (κ2) is 7.92. The highest BCUT2D eigenvalue weighted by molar-refractivity contribution is 5.95. The lowest BCUT2D eigenvalue weighted by molar-refractivity contribution is -0.140. The quantitative estimate of drug-likeness (QED) is 0.687. The number of phenolic OH excluding ortho intramolecular Hbond substituents is 1. The van der Waals surface area contributed by atoms with Crippen LogP contribution < -0.4 is 15.4 Å².